The van der Waals surface area contributed by atoms with Crippen LogP contribution in [-0.2, 0) is 35.3 Å². The second kappa shape index (κ2) is 9.24. The molecule has 3 heterocycles. The van der Waals surface area contributed by atoms with Crippen molar-refractivity contribution in [1.82, 2.24) is 9.55 Å². The third-order valence-corrected chi connectivity index (χ3v) is 8.90. The van der Waals surface area contributed by atoms with E-state index < -0.39 is 0 Å². The molecule has 0 bridgehead atoms. The molecule has 1 aliphatic heterocycles. The van der Waals surface area contributed by atoms with Crippen LogP contribution in [0.1, 0.15) is 42.7 Å². The number of benzene rings is 1. The number of carbonyl (C=O) groups excluding carboxylic acids is 1. The molecule has 0 fully saturated rings. The van der Waals surface area contributed by atoms with Crippen molar-refractivity contribution in [3.63, 3.8) is 0 Å². The first-order valence-corrected chi connectivity index (χ1v) is 13.3. The van der Waals surface area contributed by atoms with Gasteiger partial charge in [0.1, 0.15) is 4.83 Å². The van der Waals surface area contributed by atoms with Gasteiger partial charge in [0.2, 0.25) is 5.91 Å². The van der Waals surface area contributed by atoms with Crippen molar-refractivity contribution in [3.05, 3.63) is 50.6 Å². The standard InChI is InChI=1S/C25H29N3O3S2/c1-15-14-17-8-4-6-10-19(17)28(15)23(29)16(2)32-25-26-22-21(24(30)27(25)12-13-31-3)18-9-5-7-11-20(18)33-22/h4,6,8,10,15-16H,5,7,9,11-14H2,1-3H3/t15-,16+/m1/s1. The minimum atomic E-state index is -0.369. The number of thioether (sulfide) groups is 1. The van der Waals surface area contributed by atoms with Crippen molar-refractivity contribution in [2.45, 2.75) is 68.9 Å². The lowest BCUT2D eigenvalue weighted by Gasteiger charge is -2.26. The second-order valence-electron chi connectivity index (χ2n) is 8.89. The first kappa shape index (κ1) is 22.6. The minimum absolute atomic E-state index is 0.00140. The average Bonchev–Trinajstić information content (AvgIpc) is 3.34. The lowest BCUT2D eigenvalue weighted by molar-refractivity contribution is -0.118. The number of rotatable bonds is 6. The molecule has 0 saturated carbocycles. The van der Waals surface area contributed by atoms with Gasteiger partial charge in [-0.15, -0.1) is 11.3 Å². The molecule has 0 N–H and O–H groups in total. The van der Waals surface area contributed by atoms with Crippen LogP contribution < -0.4 is 10.5 Å². The van der Waals surface area contributed by atoms with E-state index in [1.54, 1.807) is 23.0 Å². The number of aromatic nitrogens is 2. The Morgan fingerprint density at radius 1 is 1.30 bits per heavy atom. The van der Waals surface area contributed by atoms with Gasteiger partial charge in [0, 0.05) is 23.7 Å². The van der Waals surface area contributed by atoms with Gasteiger partial charge in [0.05, 0.1) is 23.8 Å². The molecule has 8 heteroatoms. The Bertz CT molecular complexity index is 1270. The van der Waals surface area contributed by atoms with Crippen LogP contribution in [0.2, 0.25) is 0 Å². The molecule has 0 spiro atoms. The number of fused-ring (bicyclic) bond motifs is 4. The van der Waals surface area contributed by atoms with Gasteiger partial charge in [0.15, 0.2) is 5.16 Å². The molecule has 2 aromatic heterocycles. The SMILES string of the molecule is COCCn1c(S[C@@H](C)C(=O)N2c3ccccc3C[C@H]2C)nc2sc3c(c2c1=O)CCCC3. The molecule has 33 heavy (non-hydrogen) atoms. The van der Waals surface area contributed by atoms with Gasteiger partial charge in [-0.1, -0.05) is 30.0 Å². The zero-order chi connectivity index (χ0) is 23.1. The minimum Gasteiger partial charge on any atom is -0.383 e. The molecule has 6 nitrogen and oxygen atoms in total. The summed E-state index contributed by atoms with van der Waals surface area (Å²) in [6, 6.07) is 8.22. The van der Waals surface area contributed by atoms with E-state index in [0.717, 1.165) is 41.6 Å². The molecule has 2 aliphatic rings. The first-order chi connectivity index (χ1) is 16.0. The molecule has 174 valence electrons. The molecule has 0 radical (unpaired) electrons. The molecule has 0 unspecified atom stereocenters. The number of methoxy groups -OCH3 is 1. The quantitative estimate of drug-likeness (QED) is 0.383. The average molecular weight is 484 g/mol. The van der Waals surface area contributed by atoms with E-state index in [1.807, 2.05) is 30.0 Å². The van der Waals surface area contributed by atoms with E-state index >= 15 is 0 Å². The lowest BCUT2D eigenvalue weighted by Crippen LogP contribution is -2.40. The van der Waals surface area contributed by atoms with Gasteiger partial charge in [-0.3, -0.25) is 14.2 Å². The topological polar surface area (TPSA) is 64.4 Å². The maximum atomic E-state index is 13.6. The molecule has 1 aliphatic carbocycles. The Balaban J connectivity index is 1.50. The summed E-state index contributed by atoms with van der Waals surface area (Å²) in [6.07, 6.45) is 5.12. The predicted molar refractivity (Wildman–Crippen MR) is 135 cm³/mol. The second-order valence-corrected chi connectivity index (χ2v) is 11.3. The summed E-state index contributed by atoms with van der Waals surface area (Å²) in [5.41, 5.74) is 3.39. The monoisotopic (exact) mass is 483 g/mol. The van der Waals surface area contributed by atoms with Crippen molar-refractivity contribution in [2.24, 2.45) is 0 Å². The van der Waals surface area contributed by atoms with Crippen LogP contribution in [0.25, 0.3) is 10.2 Å². The molecule has 0 saturated heterocycles. The summed E-state index contributed by atoms with van der Waals surface area (Å²) in [6.45, 7) is 4.85. The fraction of sp³-hybridized carbons (Fsp3) is 0.480. The number of aryl methyl sites for hydroxylation is 2. The van der Waals surface area contributed by atoms with E-state index in [1.165, 1.54) is 34.2 Å². The summed E-state index contributed by atoms with van der Waals surface area (Å²) >= 11 is 3.03. The third kappa shape index (κ3) is 4.02. The maximum absolute atomic E-state index is 13.6. The summed E-state index contributed by atoms with van der Waals surface area (Å²) in [5, 5.41) is 1.01. The molecule has 5 rings (SSSR count). The molecule has 1 amide bonds. The van der Waals surface area contributed by atoms with Crippen LogP contribution in [0, 0.1) is 0 Å². The highest BCUT2D eigenvalue weighted by molar-refractivity contribution is 8.00. The summed E-state index contributed by atoms with van der Waals surface area (Å²) in [7, 11) is 1.63. The highest BCUT2D eigenvalue weighted by Gasteiger charge is 2.34. The Morgan fingerprint density at radius 2 is 2.09 bits per heavy atom. The third-order valence-electron chi connectivity index (χ3n) is 6.63. The Morgan fingerprint density at radius 3 is 2.91 bits per heavy atom. The molecule has 1 aromatic carbocycles. The first-order valence-electron chi connectivity index (χ1n) is 11.6. The Labute approximate surface area is 202 Å². The smallest absolute Gasteiger partial charge is 0.263 e. The summed E-state index contributed by atoms with van der Waals surface area (Å²) in [4.78, 5) is 36.0. The van der Waals surface area contributed by atoms with Gasteiger partial charge < -0.3 is 9.64 Å². The predicted octanol–water partition coefficient (Wildman–Crippen LogP) is 4.44. The highest BCUT2D eigenvalue weighted by atomic mass is 32.2. The van der Waals surface area contributed by atoms with Crippen LogP contribution in [0.3, 0.4) is 0 Å². The molecule has 3 aromatic rings. The van der Waals surface area contributed by atoms with Crippen LogP contribution in [0.5, 0.6) is 0 Å². The van der Waals surface area contributed by atoms with Crippen LogP contribution in [0.15, 0.2) is 34.2 Å². The van der Waals surface area contributed by atoms with E-state index in [2.05, 4.69) is 13.0 Å². The van der Waals surface area contributed by atoms with Gasteiger partial charge >= 0.3 is 0 Å². The highest BCUT2D eigenvalue weighted by Crippen LogP contribution is 2.37. The fourth-order valence-electron chi connectivity index (χ4n) is 5.00. The zero-order valence-corrected chi connectivity index (χ0v) is 20.9. The normalized spacial score (nSPS) is 18.4. The maximum Gasteiger partial charge on any atom is 0.263 e. The number of amides is 1. The van der Waals surface area contributed by atoms with Crippen molar-refractivity contribution in [2.75, 3.05) is 18.6 Å². The number of thiophene rings is 1. The van der Waals surface area contributed by atoms with Gasteiger partial charge in [-0.25, -0.2) is 4.98 Å². The van der Waals surface area contributed by atoms with E-state index in [4.69, 9.17) is 9.72 Å². The van der Waals surface area contributed by atoms with Crippen molar-refractivity contribution in [1.29, 1.82) is 0 Å². The fourth-order valence-corrected chi connectivity index (χ4v) is 7.28. The number of carbonyl (C=O) groups is 1. The van der Waals surface area contributed by atoms with Crippen molar-refractivity contribution >= 4 is 44.9 Å². The Hall–Kier alpha value is -2.16. The van der Waals surface area contributed by atoms with Gasteiger partial charge in [-0.2, -0.15) is 0 Å². The number of anilines is 1. The van der Waals surface area contributed by atoms with E-state index in [9.17, 15) is 9.59 Å². The van der Waals surface area contributed by atoms with Crippen molar-refractivity contribution in [3.8, 4) is 0 Å². The van der Waals surface area contributed by atoms with Crippen molar-refractivity contribution < 1.29 is 9.53 Å². The zero-order valence-electron chi connectivity index (χ0n) is 19.3. The largest absolute Gasteiger partial charge is 0.383 e. The van der Waals surface area contributed by atoms with E-state index in [0.29, 0.717) is 18.3 Å². The van der Waals surface area contributed by atoms with Crippen LogP contribution in [0.4, 0.5) is 5.69 Å². The summed E-state index contributed by atoms with van der Waals surface area (Å²) < 4.78 is 6.99. The van der Waals surface area contributed by atoms with Gasteiger partial charge in [-0.05, 0) is 63.1 Å². The number of ether oxygens (including phenoxy) is 1. The number of hydrogen-bond donors (Lipinski definition) is 0. The number of nitrogens with zero attached hydrogens (tertiary/aromatic N) is 3. The van der Waals surface area contributed by atoms with E-state index in [-0.39, 0.29) is 22.8 Å². The lowest BCUT2D eigenvalue weighted by atomic mass is 9.97. The molecular formula is C25H29N3O3S2. The van der Waals surface area contributed by atoms with Crippen LogP contribution in [-0.4, -0.2) is 40.5 Å². The number of para-hydroxylation sites is 1. The van der Waals surface area contributed by atoms with Crippen LogP contribution >= 0.6 is 23.1 Å². The Kier molecular flexibility index (Phi) is 6.33. The summed E-state index contributed by atoms with van der Waals surface area (Å²) in [5.74, 6) is 0.0514. The molecule has 2 atom stereocenters. The van der Waals surface area contributed by atoms with Gasteiger partial charge in [0.25, 0.3) is 5.56 Å². The number of hydrogen-bond acceptors (Lipinski definition) is 6. The molecular weight excluding hydrogens is 454 g/mol.